The van der Waals surface area contributed by atoms with Crippen molar-refractivity contribution in [3.8, 4) is 0 Å². The number of Topliss-reactive ketones (excluding diaryl/α,β-unsaturated/α-hetero) is 3. The largest absolute Gasteiger partial charge is 0.460 e. The van der Waals surface area contributed by atoms with Gasteiger partial charge in [-0.25, -0.2) is 4.79 Å². The van der Waals surface area contributed by atoms with E-state index >= 15 is 0 Å². The van der Waals surface area contributed by atoms with Gasteiger partial charge < -0.3 is 43.5 Å². The highest BCUT2D eigenvalue weighted by Crippen LogP contribution is 2.38. The van der Waals surface area contributed by atoms with Crippen LogP contribution in [0.5, 0.6) is 0 Å². The highest BCUT2D eigenvalue weighted by molar-refractivity contribution is 6.39. The highest BCUT2D eigenvalue weighted by Gasteiger charge is 2.53. The van der Waals surface area contributed by atoms with Gasteiger partial charge in [0, 0.05) is 58.5 Å². The van der Waals surface area contributed by atoms with E-state index in [1.54, 1.807) is 41.1 Å². The summed E-state index contributed by atoms with van der Waals surface area (Å²) < 4.78 is 34.8. The van der Waals surface area contributed by atoms with E-state index in [4.69, 9.17) is 28.4 Å². The summed E-state index contributed by atoms with van der Waals surface area (Å²) >= 11 is 0. The van der Waals surface area contributed by atoms with E-state index in [2.05, 4.69) is 6.92 Å². The molecule has 2 aliphatic heterocycles. The average Bonchev–Trinajstić information content (AvgIpc) is 3.32. The Hall–Kier alpha value is -3.70. The molecule has 0 aromatic carbocycles. The van der Waals surface area contributed by atoms with Crippen molar-refractivity contribution in [3.63, 3.8) is 0 Å². The van der Waals surface area contributed by atoms with E-state index in [1.807, 2.05) is 51.2 Å². The van der Waals surface area contributed by atoms with Crippen LogP contribution in [-0.2, 0) is 57.2 Å². The number of esters is 1. The first-order valence-electron chi connectivity index (χ1n) is 24.8. The van der Waals surface area contributed by atoms with Crippen LogP contribution >= 0.6 is 0 Å². The number of aliphatic hydroxyl groups excluding tert-OH is 1. The Morgan fingerprint density at radius 1 is 0.897 bits per heavy atom. The van der Waals surface area contributed by atoms with Crippen LogP contribution in [0, 0.1) is 35.5 Å². The number of carbonyl (C=O) groups is 6. The fraction of sp³-hybridized carbons (Fsp3) is 0.736. The fourth-order valence-corrected chi connectivity index (χ4v) is 9.81. The second-order valence-corrected chi connectivity index (χ2v) is 19.7. The molecule has 0 spiro atoms. The van der Waals surface area contributed by atoms with Crippen molar-refractivity contribution in [2.24, 2.45) is 35.5 Å². The summed E-state index contributed by atoms with van der Waals surface area (Å²) in [6.45, 7) is 13.1. The second-order valence-electron chi connectivity index (χ2n) is 19.7. The molecule has 68 heavy (non-hydrogen) atoms. The molecular weight excluding hydrogens is 875 g/mol. The zero-order valence-electron chi connectivity index (χ0n) is 42.5. The molecule has 0 aromatic rings. The summed E-state index contributed by atoms with van der Waals surface area (Å²) in [5.74, 6) is -6.83. The maximum atomic E-state index is 14.3. The molecular formula is C53H83NO14. The molecule has 15 nitrogen and oxygen atoms in total. The van der Waals surface area contributed by atoms with Gasteiger partial charge in [0.25, 0.3) is 11.7 Å². The van der Waals surface area contributed by atoms with Crippen LogP contribution in [0.25, 0.3) is 0 Å². The molecule has 1 aliphatic carbocycles. The van der Waals surface area contributed by atoms with Crippen molar-refractivity contribution in [2.75, 3.05) is 47.7 Å². The van der Waals surface area contributed by atoms with Gasteiger partial charge in [-0.1, -0.05) is 71.1 Å². The van der Waals surface area contributed by atoms with Gasteiger partial charge in [0.15, 0.2) is 5.78 Å². The summed E-state index contributed by atoms with van der Waals surface area (Å²) in [6, 6.07) is -1.12. The molecule has 384 valence electrons. The number of allylic oxidation sites excluding steroid dienone is 7. The lowest BCUT2D eigenvalue weighted by Gasteiger charge is -2.42. The number of amides is 1. The van der Waals surface area contributed by atoms with Crippen molar-refractivity contribution in [3.05, 3.63) is 47.6 Å². The molecule has 13 atom stereocenters. The average molecular weight is 958 g/mol. The Balaban J connectivity index is 1.74. The summed E-state index contributed by atoms with van der Waals surface area (Å²) in [5.41, 5.74) is 1.30. The smallest absolute Gasteiger partial charge is 0.329 e. The number of rotatable bonds is 28. The third-order valence-electron chi connectivity index (χ3n) is 14.1. The van der Waals surface area contributed by atoms with Gasteiger partial charge in [-0.2, -0.15) is 0 Å². The van der Waals surface area contributed by atoms with Gasteiger partial charge >= 0.3 is 5.97 Å². The van der Waals surface area contributed by atoms with Crippen LogP contribution in [0.15, 0.2) is 47.6 Å². The predicted molar refractivity (Wildman–Crippen MR) is 257 cm³/mol. The molecule has 3 fully saturated rings. The molecule has 2 N–H and O–H groups in total. The number of hydrogen-bond acceptors (Lipinski definition) is 14. The Morgan fingerprint density at radius 2 is 1.63 bits per heavy atom. The number of aliphatic hydroxyl groups is 2. The Morgan fingerprint density at radius 3 is 2.29 bits per heavy atom. The number of piperidine rings is 1. The number of ether oxygens (including phenoxy) is 6. The first-order chi connectivity index (χ1) is 32.3. The Kier molecular flexibility index (Phi) is 25.4. The van der Waals surface area contributed by atoms with Crippen molar-refractivity contribution >= 4 is 35.5 Å². The lowest BCUT2D eigenvalue weighted by molar-refractivity contribution is -0.265. The quantitative estimate of drug-likeness (QED) is 0.0277. The highest BCUT2D eigenvalue weighted by atomic mass is 16.6. The molecule has 1 unspecified atom stereocenters. The van der Waals surface area contributed by atoms with Gasteiger partial charge in [0.1, 0.15) is 30.8 Å². The first-order valence-corrected chi connectivity index (χ1v) is 24.8. The standard InChI is InChI=1S/C53H83NO14/c1-34(26-38(5)45(58)33-63-8)16-12-11-13-17-36(3)47(64-9)30-42-21-19-40(7)53(62,68-42)50(59)51(60)54-23-15-14-18-43(54)52(61)67-48(31-44(57)37(4)27-35(2)32-56)39(6)28-41-20-22-46(66-25-24-55)49(29-41)65-10/h11-13,16-17,27,32,34,37-43,46-49,55,62H,14-15,18-26,28-31,33H2,1-10H3/b13-11+,16-12+,35-27+,36-17+/t34-,37-,38-,39-,40-,41+,42+,43+,46+,47+,48+,49?,53-/m1/s1. The minimum atomic E-state index is -2.44. The third kappa shape index (κ3) is 17.6. The summed E-state index contributed by atoms with van der Waals surface area (Å²) in [6.07, 6.45) is 15.7. The lowest BCUT2D eigenvalue weighted by atomic mass is 9.78. The number of hydrogen-bond donors (Lipinski definition) is 2. The third-order valence-corrected chi connectivity index (χ3v) is 14.1. The number of ketones is 3. The van der Waals surface area contributed by atoms with Gasteiger partial charge in [-0.15, -0.1) is 0 Å². The maximum absolute atomic E-state index is 14.3. The van der Waals surface area contributed by atoms with Gasteiger partial charge in [-0.3, -0.25) is 24.0 Å². The summed E-state index contributed by atoms with van der Waals surface area (Å²) in [7, 11) is 4.72. The van der Waals surface area contributed by atoms with E-state index in [0.717, 1.165) is 18.4 Å². The number of likely N-dealkylation sites (tertiary alicyclic amines) is 1. The minimum Gasteiger partial charge on any atom is -0.460 e. The van der Waals surface area contributed by atoms with E-state index in [9.17, 15) is 39.0 Å². The van der Waals surface area contributed by atoms with Crippen LogP contribution in [0.2, 0.25) is 0 Å². The Labute approximate surface area is 405 Å². The molecule has 3 aliphatic rings. The van der Waals surface area contributed by atoms with Crippen LogP contribution < -0.4 is 0 Å². The predicted octanol–water partition coefficient (Wildman–Crippen LogP) is 6.65. The first kappa shape index (κ1) is 58.6. The molecule has 15 heteroatoms. The molecule has 3 rings (SSSR count). The van der Waals surface area contributed by atoms with Gasteiger partial charge in [0.2, 0.25) is 5.79 Å². The number of carbonyl (C=O) groups excluding carboxylic acids is 6. The van der Waals surface area contributed by atoms with Crippen LogP contribution in [0.3, 0.4) is 0 Å². The number of aldehydes is 1. The fourth-order valence-electron chi connectivity index (χ4n) is 9.81. The topological polar surface area (TPSA) is 201 Å². The molecule has 0 aromatic heterocycles. The Bertz CT molecular complexity index is 1770. The zero-order chi connectivity index (χ0) is 50.6. The molecule has 0 radical (unpaired) electrons. The van der Waals surface area contributed by atoms with E-state index in [1.165, 1.54) is 12.0 Å². The van der Waals surface area contributed by atoms with E-state index in [0.29, 0.717) is 63.2 Å². The van der Waals surface area contributed by atoms with Crippen LogP contribution in [0.4, 0.5) is 0 Å². The molecule has 0 bridgehead atoms. The zero-order valence-corrected chi connectivity index (χ0v) is 42.5. The number of methoxy groups -OCH3 is 3. The summed E-state index contributed by atoms with van der Waals surface area (Å²) in [5, 5.41) is 21.2. The van der Waals surface area contributed by atoms with Crippen LogP contribution in [-0.4, -0.2) is 141 Å². The van der Waals surface area contributed by atoms with Gasteiger partial charge in [0.05, 0.1) is 37.6 Å². The number of nitrogens with zero attached hydrogens (tertiary/aromatic N) is 1. The molecule has 1 amide bonds. The normalized spacial score (nSPS) is 27.9. The van der Waals surface area contributed by atoms with Crippen molar-refractivity contribution < 1.29 is 67.4 Å². The second kappa shape index (κ2) is 29.5. The van der Waals surface area contributed by atoms with E-state index < -0.39 is 59.6 Å². The minimum absolute atomic E-state index is 0.0787. The molecule has 1 saturated carbocycles. The van der Waals surface area contributed by atoms with Crippen molar-refractivity contribution in [1.82, 2.24) is 4.90 Å². The van der Waals surface area contributed by atoms with E-state index in [-0.39, 0.29) is 86.7 Å². The van der Waals surface area contributed by atoms with Gasteiger partial charge in [-0.05, 0) is 107 Å². The summed E-state index contributed by atoms with van der Waals surface area (Å²) in [4.78, 5) is 81.0. The SMILES string of the molecule is COCC(=O)[C@H](C)C[C@H](C)/C=C/C=C/C=C(\C)[C@H](C[C@@H]1CC[C@@H](C)[C@](O)(C(=O)C(=O)N2CCCC[C@H]2C(=O)O[C@@H](CC(=O)[C@H](C)/C=C(\C)C=O)[C@H](C)C[C@@H]2CC[C@H](OCCO)C(OC)C2)O1)OC. The molecule has 2 heterocycles. The maximum Gasteiger partial charge on any atom is 0.329 e. The molecule has 2 saturated heterocycles. The lowest BCUT2D eigenvalue weighted by Crippen LogP contribution is -2.61. The van der Waals surface area contributed by atoms with Crippen LogP contribution in [0.1, 0.15) is 126 Å². The van der Waals surface area contributed by atoms with Crippen molar-refractivity contribution in [2.45, 2.75) is 168 Å². The van der Waals surface area contributed by atoms with Crippen molar-refractivity contribution in [1.29, 1.82) is 0 Å². The monoisotopic (exact) mass is 958 g/mol.